The van der Waals surface area contributed by atoms with E-state index in [1.165, 1.54) is 13.0 Å². The van der Waals surface area contributed by atoms with Crippen molar-refractivity contribution < 1.29 is 37.3 Å². The number of fused-ring (bicyclic) bond motifs is 6. The Morgan fingerprint density at radius 3 is 2.05 bits per heavy atom. The molecule has 1 unspecified atom stereocenters. The third-order valence-corrected chi connectivity index (χ3v) is 14.7. The number of phosphoric acid groups is 1. The SMILES string of the molecule is CC(=O)Oc1cc2c(c3ccc(-c4ccc(COP(=O)(OCc5ccccc5)Oc5cc6c(c7ccccc57)[C@H](CCl)CN6)cc4)cc13)[C@H](CCl)CN2C(=O)c1ccc(C(=O)Cl)s1. The van der Waals surface area contributed by atoms with Crippen molar-refractivity contribution in [3.63, 3.8) is 0 Å². The maximum Gasteiger partial charge on any atom is 0.530 e. The number of nitrogens with zero attached hydrogens (tertiary/aromatic N) is 1. The highest BCUT2D eigenvalue weighted by atomic mass is 35.5. The van der Waals surface area contributed by atoms with Gasteiger partial charge in [0.15, 0.2) is 0 Å². The molecule has 0 bridgehead atoms. The fourth-order valence-corrected chi connectivity index (χ4v) is 10.9. The molecule has 0 saturated heterocycles. The van der Waals surface area contributed by atoms with Gasteiger partial charge in [0.2, 0.25) is 0 Å². The summed E-state index contributed by atoms with van der Waals surface area (Å²) in [6.07, 6.45) is 0. The lowest BCUT2D eigenvalue weighted by Crippen LogP contribution is -2.29. The van der Waals surface area contributed by atoms with Crippen molar-refractivity contribution in [3.05, 3.63) is 153 Å². The molecule has 1 aromatic heterocycles. The predicted molar refractivity (Wildman–Crippen MR) is 250 cm³/mol. The molecule has 63 heavy (non-hydrogen) atoms. The van der Waals surface area contributed by atoms with Gasteiger partial charge in [0.1, 0.15) is 11.5 Å². The van der Waals surface area contributed by atoms with E-state index in [1.807, 2.05) is 103 Å². The van der Waals surface area contributed by atoms with Crippen LogP contribution in [-0.2, 0) is 31.6 Å². The van der Waals surface area contributed by atoms with Crippen LogP contribution >= 0.6 is 54.0 Å². The topological polar surface area (TPSA) is 120 Å². The smallest absolute Gasteiger partial charge is 0.426 e. The molecule has 15 heteroatoms. The summed E-state index contributed by atoms with van der Waals surface area (Å²) in [6, 6.07) is 37.3. The van der Waals surface area contributed by atoms with Gasteiger partial charge in [0, 0.05) is 72.2 Å². The van der Waals surface area contributed by atoms with Crippen LogP contribution in [0.5, 0.6) is 11.5 Å². The van der Waals surface area contributed by atoms with Gasteiger partial charge in [-0.25, -0.2) is 4.57 Å². The molecule has 2 aliphatic rings. The fourth-order valence-electron chi connectivity index (χ4n) is 8.27. The molecule has 2 aliphatic heterocycles. The van der Waals surface area contributed by atoms with Crippen molar-refractivity contribution in [2.24, 2.45) is 0 Å². The molecule has 1 N–H and O–H groups in total. The van der Waals surface area contributed by atoms with Crippen LogP contribution in [0, 0.1) is 0 Å². The van der Waals surface area contributed by atoms with E-state index in [0.29, 0.717) is 40.7 Å². The number of carbonyl (C=O) groups excluding carboxylic acids is 3. The number of alkyl halides is 2. The Balaban J connectivity index is 0.994. The van der Waals surface area contributed by atoms with E-state index in [-0.39, 0.29) is 47.5 Å². The van der Waals surface area contributed by atoms with Crippen LogP contribution in [0.1, 0.15) is 60.4 Å². The minimum absolute atomic E-state index is 0.000811. The van der Waals surface area contributed by atoms with Gasteiger partial charge in [-0.1, -0.05) is 91.0 Å². The Morgan fingerprint density at radius 2 is 1.37 bits per heavy atom. The first kappa shape index (κ1) is 43.0. The van der Waals surface area contributed by atoms with Crippen LogP contribution in [-0.4, -0.2) is 42.0 Å². The Kier molecular flexibility index (Phi) is 12.4. The molecule has 0 aliphatic carbocycles. The number of nitrogens with one attached hydrogen (secondary N) is 1. The lowest BCUT2D eigenvalue weighted by molar-refractivity contribution is -0.131. The highest BCUT2D eigenvalue weighted by Gasteiger charge is 2.37. The third kappa shape index (κ3) is 8.72. The zero-order valence-corrected chi connectivity index (χ0v) is 37.6. The standard InChI is InChI=1S/C48H38Cl3N2O8PS/c1-28(54)60-41-21-40-46(34(23-50)25-53(40)48(56)44-18-17-43(63-44)47(51)55)37-16-15-32(19-38(37)41)31-13-11-30(12-14-31)27-59-62(57,58-26-29-7-3-2-4-8-29)61-42-20-39-45(33(22-49)24-52-39)36-10-6-5-9-35(36)42/h2-21,33-34,52H,22-27H2,1H3/t33-,34-,62?/m1/s1. The summed E-state index contributed by atoms with van der Waals surface area (Å²) in [7, 11) is -4.23. The van der Waals surface area contributed by atoms with E-state index in [9.17, 15) is 18.9 Å². The number of anilines is 2. The molecule has 0 radical (unpaired) electrons. The Labute approximate surface area is 382 Å². The van der Waals surface area contributed by atoms with Crippen LogP contribution in [0.3, 0.4) is 0 Å². The number of amides is 1. The van der Waals surface area contributed by atoms with Gasteiger partial charge in [0.05, 0.1) is 28.7 Å². The second-order valence-electron chi connectivity index (χ2n) is 15.2. The lowest BCUT2D eigenvalue weighted by atomic mass is 9.92. The number of halogens is 3. The van der Waals surface area contributed by atoms with E-state index >= 15 is 0 Å². The normalized spacial score (nSPS) is 16.3. The largest absolute Gasteiger partial charge is 0.530 e. The van der Waals surface area contributed by atoms with Crippen LogP contribution < -0.4 is 19.5 Å². The zero-order valence-electron chi connectivity index (χ0n) is 33.6. The first-order valence-corrected chi connectivity index (χ1v) is 23.8. The van der Waals surface area contributed by atoms with Crippen LogP contribution in [0.2, 0.25) is 0 Å². The number of ether oxygens (including phenoxy) is 1. The summed E-state index contributed by atoms with van der Waals surface area (Å²) in [6.45, 7) is 2.23. The van der Waals surface area contributed by atoms with Crippen molar-refractivity contribution in [2.75, 3.05) is 35.1 Å². The molecule has 0 spiro atoms. The Bertz CT molecular complexity index is 2960. The maximum absolute atomic E-state index is 14.6. The summed E-state index contributed by atoms with van der Waals surface area (Å²) in [5.41, 5.74) is 6.62. The van der Waals surface area contributed by atoms with Crippen molar-refractivity contribution in [1.29, 1.82) is 0 Å². The highest BCUT2D eigenvalue weighted by Crippen LogP contribution is 2.54. The van der Waals surface area contributed by atoms with Crippen molar-refractivity contribution in [1.82, 2.24) is 0 Å². The number of thiophene rings is 1. The van der Waals surface area contributed by atoms with E-state index in [4.69, 9.17) is 53.1 Å². The van der Waals surface area contributed by atoms with Gasteiger partial charge in [-0.3, -0.25) is 23.4 Å². The number of phosphoric ester groups is 1. The summed E-state index contributed by atoms with van der Waals surface area (Å²) in [5.74, 6) is 0.433. The summed E-state index contributed by atoms with van der Waals surface area (Å²) in [5, 5.41) is 5.96. The predicted octanol–water partition coefficient (Wildman–Crippen LogP) is 12.7. The summed E-state index contributed by atoms with van der Waals surface area (Å²) < 4.78 is 38.8. The monoisotopic (exact) mass is 938 g/mol. The van der Waals surface area contributed by atoms with E-state index in [2.05, 4.69) is 5.32 Å². The first-order chi connectivity index (χ1) is 30.5. The first-order valence-electron chi connectivity index (χ1n) is 20.1. The van der Waals surface area contributed by atoms with Gasteiger partial charge in [-0.15, -0.1) is 34.5 Å². The fraction of sp³-hybridized carbons (Fsp3) is 0.188. The number of hydrogen-bond donors (Lipinski definition) is 1. The zero-order chi connectivity index (χ0) is 43.8. The second-order valence-corrected chi connectivity index (χ2v) is 18.9. The molecule has 0 fully saturated rings. The molecule has 7 aromatic rings. The minimum Gasteiger partial charge on any atom is -0.426 e. The number of rotatable bonds is 14. The van der Waals surface area contributed by atoms with E-state index in [1.54, 1.807) is 17.0 Å². The second kappa shape index (κ2) is 18.1. The number of hydrogen-bond acceptors (Lipinski definition) is 10. The number of esters is 1. The van der Waals surface area contributed by atoms with Gasteiger partial charge in [-0.2, -0.15) is 0 Å². The summed E-state index contributed by atoms with van der Waals surface area (Å²) >= 11 is 19.6. The van der Waals surface area contributed by atoms with Gasteiger partial charge < -0.3 is 19.5 Å². The van der Waals surface area contributed by atoms with E-state index in [0.717, 1.165) is 66.6 Å². The number of carbonyl (C=O) groups is 3. The van der Waals surface area contributed by atoms with Crippen molar-refractivity contribution in [2.45, 2.75) is 32.0 Å². The molecule has 320 valence electrons. The number of benzene rings is 6. The average Bonchev–Trinajstić information content (AvgIpc) is 4.06. The molecule has 6 aromatic carbocycles. The van der Waals surface area contributed by atoms with Crippen LogP contribution in [0.25, 0.3) is 32.7 Å². The van der Waals surface area contributed by atoms with E-state index < -0.39 is 19.0 Å². The molecular weight excluding hydrogens is 902 g/mol. The Hall–Kier alpha value is -5.23. The van der Waals surface area contributed by atoms with Gasteiger partial charge in [0.25, 0.3) is 11.1 Å². The van der Waals surface area contributed by atoms with Gasteiger partial charge in [-0.05, 0) is 74.0 Å². The van der Waals surface area contributed by atoms with Crippen molar-refractivity contribution >= 4 is 104 Å². The highest BCUT2D eigenvalue weighted by molar-refractivity contribution is 7.48. The molecular formula is C48H38Cl3N2O8PS. The van der Waals surface area contributed by atoms with Crippen molar-refractivity contribution in [3.8, 4) is 22.6 Å². The maximum atomic E-state index is 14.6. The summed E-state index contributed by atoms with van der Waals surface area (Å²) in [4.78, 5) is 40.2. The third-order valence-electron chi connectivity index (χ3n) is 11.2. The molecule has 10 nitrogen and oxygen atoms in total. The Morgan fingerprint density at radius 1 is 0.714 bits per heavy atom. The molecule has 3 atom stereocenters. The molecule has 9 rings (SSSR count). The molecule has 0 saturated carbocycles. The van der Waals surface area contributed by atoms with Crippen LogP contribution in [0.4, 0.5) is 11.4 Å². The van der Waals surface area contributed by atoms with Crippen LogP contribution in [0.15, 0.2) is 121 Å². The average molecular weight is 940 g/mol. The molecule has 3 heterocycles. The van der Waals surface area contributed by atoms with Gasteiger partial charge >= 0.3 is 13.8 Å². The quantitative estimate of drug-likeness (QED) is 0.0373. The minimum atomic E-state index is -4.23. The molecule has 1 amide bonds. The lowest BCUT2D eigenvalue weighted by Gasteiger charge is -2.21.